The van der Waals surface area contributed by atoms with E-state index in [1.54, 1.807) is 0 Å². The van der Waals surface area contributed by atoms with Gasteiger partial charge in [0.15, 0.2) is 0 Å². The molecule has 1 heterocycles. The minimum atomic E-state index is -2.61. The number of hydrogen-bond donors (Lipinski definition) is 0. The van der Waals surface area contributed by atoms with Crippen LogP contribution in [0, 0.1) is 0 Å². The summed E-state index contributed by atoms with van der Waals surface area (Å²) in [6.07, 6.45) is 0.450. The Hall–Kier alpha value is -0.155. The second-order valence-corrected chi connectivity index (χ2v) is 5.53. The highest BCUT2D eigenvalue weighted by atomic mass is 19.3. The Morgan fingerprint density at radius 3 is 1.80 bits per heavy atom. The van der Waals surface area contributed by atoms with Crippen LogP contribution in [0.5, 0.6) is 0 Å². The van der Waals surface area contributed by atoms with Gasteiger partial charge in [0, 0.05) is 6.42 Å². The summed E-state index contributed by atoms with van der Waals surface area (Å²) in [6.45, 7) is 7.52. The van der Waals surface area contributed by atoms with Gasteiger partial charge in [-0.2, -0.15) is 0 Å². The lowest BCUT2D eigenvalue weighted by molar-refractivity contribution is -0.0813. The van der Waals surface area contributed by atoms with Gasteiger partial charge in [0.1, 0.15) is 0 Å². The Morgan fingerprint density at radius 2 is 1.53 bits per heavy atom. The quantitative estimate of drug-likeness (QED) is 0.630. The molecule has 1 aliphatic carbocycles. The van der Waals surface area contributed by atoms with E-state index in [0.717, 1.165) is 0 Å². The minimum absolute atomic E-state index is 0.0399. The van der Waals surface area contributed by atoms with Gasteiger partial charge >= 0.3 is 7.12 Å². The molecule has 2 rings (SSSR count). The van der Waals surface area contributed by atoms with E-state index in [2.05, 4.69) is 0 Å². The Bertz CT molecular complexity index is 263. The van der Waals surface area contributed by atoms with Gasteiger partial charge < -0.3 is 9.31 Å². The topological polar surface area (TPSA) is 18.5 Å². The number of hydrogen-bond acceptors (Lipinski definition) is 2. The highest BCUT2D eigenvalue weighted by Gasteiger charge is 2.63. The van der Waals surface area contributed by atoms with Crippen LogP contribution in [-0.4, -0.2) is 24.2 Å². The summed E-state index contributed by atoms with van der Waals surface area (Å²) >= 11 is 0. The normalized spacial score (nSPS) is 36.4. The first-order valence-corrected chi connectivity index (χ1v) is 5.39. The van der Waals surface area contributed by atoms with Crippen LogP contribution in [-0.2, 0) is 9.31 Å². The van der Waals surface area contributed by atoms with E-state index in [1.165, 1.54) is 0 Å². The van der Waals surface area contributed by atoms with Crippen molar-refractivity contribution in [2.24, 2.45) is 0 Å². The van der Waals surface area contributed by atoms with Crippen molar-refractivity contribution >= 4 is 7.12 Å². The van der Waals surface area contributed by atoms with Gasteiger partial charge in [-0.25, -0.2) is 8.78 Å². The molecule has 1 atom stereocenters. The molecular weight excluding hydrogens is 201 g/mol. The fraction of sp³-hybridized carbons (Fsp3) is 1.00. The van der Waals surface area contributed by atoms with Crippen molar-refractivity contribution in [3.8, 4) is 0 Å². The van der Waals surface area contributed by atoms with E-state index in [9.17, 15) is 8.78 Å². The van der Waals surface area contributed by atoms with Crippen LogP contribution >= 0.6 is 0 Å². The zero-order valence-electron chi connectivity index (χ0n) is 9.64. The van der Waals surface area contributed by atoms with Gasteiger partial charge in [0.25, 0.3) is 0 Å². The van der Waals surface area contributed by atoms with Gasteiger partial charge in [0.05, 0.1) is 17.0 Å². The van der Waals surface area contributed by atoms with Crippen molar-refractivity contribution in [3.05, 3.63) is 0 Å². The zero-order valence-corrected chi connectivity index (χ0v) is 9.64. The molecule has 1 saturated carbocycles. The molecule has 86 valence electrons. The van der Waals surface area contributed by atoms with Crippen LogP contribution in [0.2, 0.25) is 5.82 Å². The van der Waals surface area contributed by atoms with Crippen LogP contribution in [0.15, 0.2) is 0 Å². The Labute approximate surface area is 89.5 Å². The zero-order chi connectivity index (χ0) is 11.5. The molecule has 0 amide bonds. The second-order valence-electron chi connectivity index (χ2n) is 5.53. The summed E-state index contributed by atoms with van der Waals surface area (Å²) in [5.41, 5.74) is -1.02. The molecule has 1 saturated heterocycles. The lowest BCUT2D eigenvalue weighted by Crippen LogP contribution is -2.45. The lowest BCUT2D eigenvalue weighted by atomic mass is 9.58. The molecule has 0 N–H and O–H groups in total. The lowest BCUT2D eigenvalue weighted by Gasteiger charge is -2.37. The molecule has 0 aromatic carbocycles. The van der Waals surface area contributed by atoms with E-state index >= 15 is 0 Å². The van der Waals surface area contributed by atoms with E-state index in [0.29, 0.717) is 6.42 Å². The van der Waals surface area contributed by atoms with Gasteiger partial charge in [-0.15, -0.1) is 0 Å². The maximum Gasteiger partial charge on any atom is 0.467 e. The number of halogens is 2. The first-order chi connectivity index (χ1) is 6.66. The Balaban J connectivity index is 2.10. The standard InChI is InChI=1S/C10H17BF2O2/c1-8(2)9(3,4)15-11(14-8)7-5-6-10(7,12)13/h7H,5-6H2,1-4H3. The average molecular weight is 218 g/mol. The molecule has 2 aliphatic rings. The first kappa shape index (κ1) is 11.3. The molecule has 0 radical (unpaired) electrons. The molecule has 1 aliphatic heterocycles. The fourth-order valence-electron chi connectivity index (χ4n) is 1.92. The van der Waals surface area contributed by atoms with Crippen molar-refractivity contribution in [3.63, 3.8) is 0 Å². The van der Waals surface area contributed by atoms with Gasteiger partial charge in [-0.3, -0.25) is 0 Å². The summed E-state index contributed by atoms with van der Waals surface area (Å²) in [5, 5.41) is 0. The minimum Gasteiger partial charge on any atom is -0.403 e. The SMILES string of the molecule is CC1(C)OB(C2CCC2(F)F)OC1(C)C. The first-order valence-electron chi connectivity index (χ1n) is 5.39. The monoisotopic (exact) mass is 218 g/mol. The third-order valence-electron chi connectivity index (χ3n) is 3.93. The van der Waals surface area contributed by atoms with Gasteiger partial charge in [0.2, 0.25) is 5.92 Å². The molecule has 0 bridgehead atoms. The predicted octanol–water partition coefficient (Wildman–Crippen LogP) is 2.88. The van der Waals surface area contributed by atoms with Crippen LogP contribution < -0.4 is 0 Å². The van der Waals surface area contributed by atoms with E-state index < -0.39 is 30.1 Å². The van der Waals surface area contributed by atoms with Crippen LogP contribution in [0.1, 0.15) is 40.5 Å². The molecular formula is C10H17BF2O2. The Morgan fingerprint density at radius 1 is 1.07 bits per heavy atom. The molecule has 15 heavy (non-hydrogen) atoms. The highest BCUT2D eigenvalue weighted by molar-refractivity contribution is 6.48. The molecule has 0 aromatic rings. The summed E-state index contributed by atoms with van der Waals surface area (Å²) in [7, 11) is -0.751. The summed E-state index contributed by atoms with van der Waals surface area (Å²) in [6, 6.07) is 0. The van der Waals surface area contributed by atoms with Gasteiger partial charge in [-0.1, -0.05) is 0 Å². The third kappa shape index (κ3) is 1.60. The Kier molecular flexibility index (Phi) is 2.23. The largest absolute Gasteiger partial charge is 0.467 e. The van der Waals surface area contributed by atoms with Crippen molar-refractivity contribution in [1.82, 2.24) is 0 Å². The smallest absolute Gasteiger partial charge is 0.403 e. The molecule has 1 unspecified atom stereocenters. The van der Waals surface area contributed by atoms with Crippen molar-refractivity contribution in [2.45, 2.75) is 63.5 Å². The van der Waals surface area contributed by atoms with Crippen molar-refractivity contribution < 1.29 is 18.1 Å². The van der Waals surface area contributed by atoms with Crippen LogP contribution in [0.3, 0.4) is 0 Å². The number of alkyl halides is 2. The summed E-state index contributed by atoms with van der Waals surface area (Å²) in [5.74, 6) is -3.38. The maximum absolute atomic E-state index is 13.2. The summed E-state index contributed by atoms with van der Waals surface area (Å²) in [4.78, 5) is 0. The molecule has 0 aromatic heterocycles. The highest BCUT2D eigenvalue weighted by Crippen LogP contribution is 2.54. The third-order valence-corrected chi connectivity index (χ3v) is 3.93. The predicted molar refractivity (Wildman–Crippen MR) is 54.0 cm³/mol. The van der Waals surface area contributed by atoms with E-state index in [4.69, 9.17) is 9.31 Å². The van der Waals surface area contributed by atoms with Crippen molar-refractivity contribution in [1.29, 1.82) is 0 Å². The fourth-order valence-corrected chi connectivity index (χ4v) is 1.92. The van der Waals surface area contributed by atoms with E-state index in [1.807, 2.05) is 27.7 Å². The molecule has 0 spiro atoms. The molecule has 2 nitrogen and oxygen atoms in total. The second kappa shape index (κ2) is 2.95. The number of rotatable bonds is 1. The van der Waals surface area contributed by atoms with Gasteiger partial charge in [-0.05, 0) is 34.1 Å². The molecule has 2 fully saturated rings. The summed E-state index contributed by atoms with van der Waals surface area (Å²) < 4.78 is 37.6. The maximum atomic E-state index is 13.2. The molecule has 5 heteroatoms. The average Bonchev–Trinajstić information content (AvgIpc) is 2.18. The van der Waals surface area contributed by atoms with E-state index in [-0.39, 0.29) is 6.42 Å². The van der Waals surface area contributed by atoms with Crippen molar-refractivity contribution in [2.75, 3.05) is 0 Å². The van der Waals surface area contributed by atoms with Crippen LogP contribution in [0.25, 0.3) is 0 Å². The van der Waals surface area contributed by atoms with Crippen LogP contribution in [0.4, 0.5) is 8.78 Å².